The molecular formula is C23H27N3O6. The van der Waals surface area contributed by atoms with Crippen molar-refractivity contribution in [1.82, 2.24) is 10.2 Å². The predicted molar refractivity (Wildman–Crippen MR) is 118 cm³/mol. The summed E-state index contributed by atoms with van der Waals surface area (Å²) in [6.07, 6.45) is -0.133. The minimum absolute atomic E-state index is 0.121. The summed E-state index contributed by atoms with van der Waals surface area (Å²) < 4.78 is 15.8. The first-order valence-corrected chi connectivity index (χ1v) is 10.2. The predicted octanol–water partition coefficient (Wildman–Crippen LogP) is 2.58. The molecule has 1 atom stereocenters. The Balaban J connectivity index is 1.95. The van der Waals surface area contributed by atoms with Crippen LogP contribution in [0, 0.1) is 0 Å². The van der Waals surface area contributed by atoms with Gasteiger partial charge < -0.3 is 24.4 Å². The highest BCUT2D eigenvalue weighted by Crippen LogP contribution is 2.32. The first-order chi connectivity index (χ1) is 15.4. The van der Waals surface area contributed by atoms with Gasteiger partial charge in [0.2, 0.25) is 5.91 Å². The van der Waals surface area contributed by atoms with Crippen LogP contribution in [0.1, 0.15) is 18.9 Å². The number of hydrogen-bond acceptors (Lipinski definition) is 6. The van der Waals surface area contributed by atoms with Crippen LogP contribution in [0.15, 0.2) is 42.5 Å². The molecule has 1 heterocycles. The second kappa shape index (κ2) is 10.0. The lowest BCUT2D eigenvalue weighted by Gasteiger charge is -2.22. The van der Waals surface area contributed by atoms with Crippen molar-refractivity contribution in [2.24, 2.45) is 0 Å². The quantitative estimate of drug-likeness (QED) is 0.601. The molecule has 170 valence electrons. The van der Waals surface area contributed by atoms with E-state index in [1.165, 1.54) is 26.2 Å². The van der Waals surface area contributed by atoms with Gasteiger partial charge in [-0.2, -0.15) is 0 Å². The molecule has 1 aliphatic heterocycles. The Morgan fingerprint density at radius 1 is 1.00 bits per heavy atom. The second-order valence-corrected chi connectivity index (χ2v) is 7.15. The van der Waals surface area contributed by atoms with Crippen molar-refractivity contribution in [3.8, 4) is 17.2 Å². The van der Waals surface area contributed by atoms with E-state index in [9.17, 15) is 14.4 Å². The Kier molecular flexibility index (Phi) is 7.19. The molecule has 2 aromatic carbocycles. The molecule has 1 aliphatic rings. The first kappa shape index (κ1) is 22.9. The lowest BCUT2D eigenvalue weighted by Crippen LogP contribution is -2.39. The van der Waals surface area contributed by atoms with Crippen molar-refractivity contribution >= 4 is 23.5 Å². The largest absolute Gasteiger partial charge is 0.497 e. The van der Waals surface area contributed by atoms with E-state index in [0.29, 0.717) is 29.5 Å². The van der Waals surface area contributed by atoms with Crippen LogP contribution in [0.25, 0.3) is 0 Å². The standard InChI is InChI=1S/C23H27N3O6/c1-5-24-21(27)13-18-22(28)26(16-7-6-8-17(12-16)30-2)23(29)25(18)14-15-9-10-19(31-3)20(11-15)32-4/h6-12,18H,5,13-14H2,1-4H3,(H,24,27). The summed E-state index contributed by atoms with van der Waals surface area (Å²) in [4.78, 5) is 41.4. The number of amides is 4. The number of anilines is 1. The van der Waals surface area contributed by atoms with E-state index >= 15 is 0 Å². The van der Waals surface area contributed by atoms with Crippen molar-refractivity contribution in [2.45, 2.75) is 25.9 Å². The molecule has 0 bridgehead atoms. The topological polar surface area (TPSA) is 97.4 Å². The third-order valence-corrected chi connectivity index (χ3v) is 5.18. The van der Waals surface area contributed by atoms with Gasteiger partial charge in [-0.25, -0.2) is 9.69 Å². The molecule has 0 saturated carbocycles. The lowest BCUT2D eigenvalue weighted by molar-refractivity contribution is -0.127. The van der Waals surface area contributed by atoms with Crippen LogP contribution < -0.4 is 24.4 Å². The van der Waals surface area contributed by atoms with Gasteiger partial charge in [0, 0.05) is 19.2 Å². The van der Waals surface area contributed by atoms with Crippen molar-refractivity contribution in [2.75, 3.05) is 32.8 Å². The summed E-state index contributed by atoms with van der Waals surface area (Å²) in [5.74, 6) is 0.810. The fraction of sp³-hybridized carbons (Fsp3) is 0.348. The van der Waals surface area contributed by atoms with Gasteiger partial charge in [0.15, 0.2) is 11.5 Å². The van der Waals surface area contributed by atoms with Crippen LogP contribution in [-0.2, 0) is 16.1 Å². The molecule has 9 nitrogen and oxygen atoms in total. The zero-order valence-corrected chi connectivity index (χ0v) is 18.6. The van der Waals surface area contributed by atoms with Gasteiger partial charge in [-0.3, -0.25) is 9.59 Å². The van der Waals surface area contributed by atoms with Crippen molar-refractivity contribution in [1.29, 1.82) is 0 Å². The van der Waals surface area contributed by atoms with Gasteiger partial charge in [0.1, 0.15) is 11.8 Å². The number of carbonyl (C=O) groups excluding carboxylic acids is 3. The zero-order valence-electron chi connectivity index (χ0n) is 18.6. The summed E-state index contributed by atoms with van der Waals surface area (Å²) in [7, 11) is 4.57. The van der Waals surface area contributed by atoms with Gasteiger partial charge in [0.25, 0.3) is 5.91 Å². The molecule has 3 rings (SSSR count). The minimum Gasteiger partial charge on any atom is -0.497 e. The van der Waals surface area contributed by atoms with Crippen LogP contribution >= 0.6 is 0 Å². The van der Waals surface area contributed by atoms with Crippen LogP contribution in [0.2, 0.25) is 0 Å². The number of hydrogen-bond donors (Lipinski definition) is 1. The molecule has 1 N–H and O–H groups in total. The van der Waals surface area contributed by atoms with E-state index in [2.05, 4.69) is 5.32 Å². The number of rotatable bonds is 9. The first-order valence-electron chi connectivity index (χ1n) is 10.2. The Morgan fingerprint density at radius 2 is 1.75 bits per heavy atom. The normalized spacial score (nSPS) is 15.7. The summed E-state index contributed by atoms with van der Waals surface area (Å²) in [6.45, 7) is 2.35. The monoisotopic (exact) mass is 441 g/mol. The zero-order chi connectivity index (χ0) is 23.3. The van der Waals surface area contributed by atoms with Gasteiger partial charge in [-0.1, -0.05) is 12.1 Å². The Morgan fingerprint density at radius 3 is 2.41 bits per heavy atom. The third-order valence-electron chi connectivity index (χ3n) is 5.18. The van der Waals surface area contributed by atoms with E-state index in [1.54, 1.807) is 49.4 Å². The van der Waals surface area contributed by atoms with Crippen molar-refractivity contribution < 1.29 is 28.6 Å². The molecule has 0 spiro atoms. The molecule has 9 heteroatoms. The molecular weight excluding hydrogens is 414 g/mol. The van der Waals surface area contributed by atoms with Crippen LogP contribution in [0.4, 0.5) is 10.5 Å². The van der Waals surface area contributed by atoms with E-state index in [1.807, 2.05) is 0 Å². The SMILES string of the molecule is CCNC(=O)CC1C(=O)N(c2cccc(OC)c2)C(=O)N1Cc1ccc(OC)c(OC)c1. The number of nitrogens with one attached hydrogen (secondary N) is 1. The third kappa shape index (κ3) is 4.61. The molecule has 0 aliphatic carbocycles. The maximum absolute atomic E-state index is 13.4. The summed E-state index contributed by atoms with van der Waals surface area (Å²) in [5, 5.41) is 2.69. The maximum atomic E-state index is 13.4. The Labute approximate surface area is 186 Å². The fourth-order valence-electron chi connectivity index (χ4n) is 3.62. The van der Waals surface area contributed by atoms with Crippen molar-refractivity contribution in [3.63, 3.8) is 0 Å². The molecule has 2 aromatic rings. The smallest absolute Gasteiger partial charge is 0.332 e. The van der Waals surface area contributed by atoms with Crippen LogP contribution in [-0.4, -0.2) is 56.7 Å². The van der Waals surface area contributed by atoms with Gasteiger partial charge in [0.05, 0.1) is 33.4 Å². The van der Waals surface area contributed by atoms with Crippen LogP contribution in [0.3, 0.4) is 0 Å². The molecule has 1 saturated heterocycles. The number of nitrogens with zero attached hydrogens (tertiary/aromatic N) is 2. The highest BCUT2D eigenvalue weighted by molar-refractivity contribution is 6.22. The Hall–Kier alpha value is -3.75. The van der Waals surface area contributed by atoms with E-state index < -0.39 is 18.0 Å². The molecule has 32 heavy (non-hydrogen) atoms. The molecule has 1 fully saturated rings. The highest BCUT2D eigenvalue weighted by atomic mass is 16.5. The number of ether oxygens (including phenoxy) is 3. The summed E-state index contributed by atoms with van der Waals surface area (Å²) >= 11 is 0. The average Bonchev–Trinajstić information content (AvgIpc) is 3.02. The average molecular weight is 441 g/mol. The number of imide groups is 1. The second-order valence-electron chi connectivity index (χ2n) is 7.15. The fourth-order valence-corrected chi connectivity index (χ4v) is 3.62. The number of methoxy groups -OCH3 is 3. The van der Waals surface area contributed by atoms with E-state index in [0.717, 1.165) is 10.5 Å². The van der Waals surface area contributed by atoms with Crippen LogP contribution in [0.5, 0.6) is 17.2 Å². The molecule has 4 amide bonds. The summed E-state index contributed by atoms with van der Waals surface area (Å²) in [5.41, 5.74) is 1.12. The minimum atomic E-state index is -0.937. The number of benzene rings is 2. The molecule has 0 aromatic heterocycles. The number of carbonyl (C=O) groups is 3. The molecule has 1 unspecified atom stereocenters. The maximum Gasteiger partial charge on any atom is 0.332 e. The van der Waals surface area contributed by atoms with Gasteiger partial charge in [-0.05, 0) is 36.8 Å². The van der Waals surface area contributed by atoms with E-state index in [-0.39, 0.29) is 18.9 Å². The lowest BCUT2D eigenvalue weighted by atomic mass is 10.1. The summed E-state index contributed by atoms with van der Waals surface area (Å²) in [6, 6.07) is 10.5. The highest BCUT2D eigenvalue weighted by Gasteiger charge is 2.46. The van der Waals surface area contributed by atoms with Gasteiger partial charge in [-0.15, -0.1) is 0 Å². The van der Waals surface area contributed by atoms with Crippen molar-refractivity contribution in [3.05, 3.63) is 48.0 Å². The Bertz CT molecular complexity index is 1010. The van der Waals surface area contributed by atoms with Gasteiger partial charge >= 0.3 is 6.03 Å². The number of urea groups is 1. The van der Waals surface area contributed by atoms with E-state index in [4.69, 9.17) is 14.2 Å². The molecule has 0 radical (unpaired) electrons.